The van der Waals surface area contributed by atoms with Gasteiger partial charge < -0.3 is 23.7 Å². The molecule has 0 bridgehead atoms. The molecule has 0 spiro atoms. The largest absolute Gasteiger partial charge is 0.490 e. The minimum Gasteiger partial charge on any atom is -0.490 e. The van der Waals surface area contributed by atoms with Crippen LogP contribution < -0.4 is 29.1 Å². The molecule has 0 fully saturated rings. The van der Waals surface area contributed by atoms with E-state index in [4.69, 9.17) is 53.8 Å². The molecule has 1 aliphatic rings. The minimum absolute atomic E-state index is 0.122. The molecule has 1 aliphatic heterocycles. The van der Waals surface area contributed by atoms with E-state index in [1.165, 1.54) is 11.7 Å². The van der Waals surface area contributed by atoms with E-state index < -0.39 is 23.5 Å². The Morgan fingerprint density at radius 1 is 0.918 bits per heavy atom. The van der Waals surface area contributed by atoms with Gasteiger partial charge in [0.25, 0.3) is 5.56 Å². The lowest BCUT2D eigenvalue weighted by Crippen LogP contribution is -2.40. The Morgan fingerprint density at radius 2 is 1.69 bits per heavy atom. The van der Waals surface area contributed by atoms with Crippen molar-refractivity contribution < 1.29 is 33.3 Å². The maximum atomic E-state index is 14.3. The van der Waals surface area contributed by atoms with E-state index in [9.17, 15) is 14.4 Å². The number of nitrogens with zero attached hydrogens (tertiary/aromatic N) is 2. The van der Waals surface area contributed by atoms with E-state index in [0.29, 0.717) is 52.7 Å². The second-order valence-corrected chi connectivity index (χ2v) is 12.8. The number of methoxy groups -OCH3 is 1. The average molecular weight is 746 g/mol. The third-order valence-electron chi connectivity index (χ3n) is 7.31. The van der Waals surface area contributed by atoms with Crippen LogP contribution in [0.2, 0.25) is 15.1 Å². The second-order valence-electron chi connectivity index (χ2n) is 10.5. The maximum Gasteiger partial charge on any atom is 0.343 e. The molecule has 0 saturated heterocycles. The highest BCUT2D eigenvalue weighted by atomic mass is 35.5. The van der Waals surface area contributed by atoms with Gasteiger partial charge in [0.1, 0.15) is 12.4 Å². The van der Waals surface area contributed by atoms with Gasteiger partial charge in [-0.05, 0) is 80.4 Å². The first-order chi connectivity index (χ1) is 23.5. The highest BCUT2D eigenvalue weighted by molar-refractivity contribution is 7.07. The van der Waals surface area contributed by atoms with Crippen LogP contribution in [0.5, 0.6) is 17.2 Å². The van der Waals surface area contributed by atoms with Gasteiger partial charge in [0.15, 0.2) is 22.9 Å². The zero-order valence-corrected chi connectivity index (χ0v) is 30.0. The molecule has 5 rings (SSSR count). The number of carbonyl (C=O) groups excluding carboxylic acids is 2. The smallest absolute Gasteiger partial charge is 0.343 e. The predicted octanol–water partition coefficient (Wildman–Crippen LogP) is 6.29. The Bertz CT molecular complexity index is 2130. The van der Waals surface area contributed by atoms with E-state index in [0.717, 1.165) is 16.9 Å². The molecular formula is C35H31Cl3N2O8S. The molecule has 3 aromatic carbocycles. The number of hydrogen-bond donors (Lipinski definition) is 0. The van der Waals surface area contributed by atoms with Gasteiger partial charge in [0.2, 0.25) is 0 Å². The van der Waals surface area contributed by atoms with Crippen LogP contribution in [0.4, 0.5) is 0 Å². The van der Waals surface area contributed by atoms with Crippen molar-refractivity contribution in [2.75, 3.05) is 26.9 Å². The lowest BCUT2D eigenvalue weighted by molar-refractivity contribution is -0.143. The number of allylic oxidation sites excluding steroid dienone is 1. The Balaban J connectivity index is 1.61. The number of hydrogen-bond acceptors (Lipinski definition) is 10. The van der Waals surface area contributed by atoms with Crippen LogP contribution in [0, 0.1) is 0 Å². The lowest BCUT2D eigenvalue weighted by atomic mass is 9.95. The summed E-state index contributed by atoms with van der Waals surface area (Å²) >= 11 is 19.8. The second kappa shape index (κ2) is 15.9. The van der Waals surface area contributed by atoms with Crippen LogP contribution >= 0.6 is 46.1 Å². The number of halogens is 3. The van der Waals surface area contributed by atoms with Gasteiger partial charge >= 0.3 is 11.9 Å². The number of rotatable bonds is 12. The molecule has 49 heavy (non-hydrogen) atoms. The van der Waals surface area contributed by atoms with E-state index in [2.05, 4.69) is 9.73 Å². The zero-order chi connectivity index (χ0) is 35.2. The number of esters is 2. The van der Waals surface area contributed by atoms with Crippen molar-refractivity contribution in [2.45, 2.75) is 33.4 Å². The number of benzene rings is 3. The first-order valence-electron chi connectivity index (χ1n) is 15.1. The molecular weight excluding hydrogens is 715 g/mol. The number of fused-ring (bicyclic) bond motifs is 1. The monoisotopic (exact) mass is 744 g/mol. The van der Waals surface area contributed by atoms with Crippen LogP contribution in [0.3, 0.4) is 0 Å². The Hall–Kier alpha value is -4.29. The fourth-order valence-corrected chi connectivity index (χ4v) is 6.62. The van der Waals surface area contributed by atoms with E-state index in [1.807, 2.05) is 0 Å². The van der Waals surface area contributed by atoms with Gasteiger partial charge in [0.05, 0.1) is 52.2 Å². The van der Waals surface area contributed by atoms with Crippen LogP contribution in [0.25, 0.3) is 6.08 Å². The third-order valence-corrected chi connectivity index (χ3v) is 9.27. The molecule has 0 radical (unpaired) electrons. The first-order valence-corrected chi connectivity index (χ1v) is 17.0. The SMILES string of the molecule is CCOC(=O)C1=C(C)N=c2s/c(=C/c3cc(Cl)ccc3OCc3ccc(Cl)c(Cl)c3)c(=O)n2[C@H]1c1ccc(OCC(=O)OC)c(OCC)c1. The van der Waals surface area contributed by atoms with Gasteiger partial charge in [-0.15, -0.1) is 0 Å². The molecule has 0 aliphatic carbocycles. The molecule has 0 saturated carbocycles. The summed E-state index contributed by atoms with van der Waals surface area (Å²) in [5.41, 5.74) is 2.08. The van der Waals surface area contributed by atoms with Gasteiger partial charge in [-0.3, -0.25) is 9.36 Å². The van der Waals surface area contributed by atoms with E-state index >= 15 is 0 Å². The molecule has 1 aromatic heterocycles. The van der Waals surface area contributed by atoms with Crippen molar-refractivity contribution in [3.63, 3.8) is 0 Å². The highest BCUT2D eigenvalue weighted by Crippen LogP contribution is 2.36. The third kappa shape index (κ3) is 8.13. The summed E-state index contributed by atoms with van der Waals surface area (Å²) in [6.07, 6.45) is 1.68. The topological polar surface area (TPSA) is 115 Å². The summed E-state index contributed by atoms with van der Waals surface area (Å²) in [6, 6.07) is 14.4. The summed E-state index contributed by atoms with van der Waals surface area (Å²) in [5.74, 6) is -0.0998. The molecule has 0 N–H and O–H groups in total. The van der Waals surface area contributed by atoms with Crippen LogP contribution in [-0.2, 0) is 25.7 Å². The number of carbonyl (C=O) groups is 2. The van der Waals surface area contributed by atoms with Crippen LogP contribution in [0.1, 0.15) is 43.5 Å². The first kappa shape index (κ1) is 36.0. The van der Waals surface area contributed by atoms with Crippen LogP contribution in [-0.4, -0.2) is 43.4 Å². The standard InChI is InChI=1S/C35H31Cl3N2O8S/c1-5-45-28-15-21(8-11-27(28)48-18-30(41)44-4)32-31(34(43)46-6-2)19(3)39-35-40(32)33(42)29(49-35)16-22-14-23(36)9-12-26(22)47-17-20-7-10-24(37)25(38)13-20/h7-16,32H,5-6,17-18H2,1-4H3/b29-16+/t32-/m0/s1. The Labute approximate surface area is 300 Å². The molecule has 0 amide bonds. The zero-order valence-electron chi connectivity index (χ0n) is 26.9. The van der Waals surface area contributed by atoms with E-state index in [1.54, 1.807) is 81.4 Å². The van der Waals surface area contributed by atoms with Crippen molar-refractivity contribution in [3.8, 4) is 17.2 Å². The summed E-state index contributed by atoms with van der Waals surface area (Å²) in [4.78, 5) is 44.4. The quantitative estimate of drug-likeness (QED) is 0.156. The molecule has 256 valence electrons. The molecule has 4 aromatic rings. The maximum absolute atomic E-state index is 14.3. The van der Waals surface area contributed by atoms with Crippen molar-refractivity contribution in [2.24, 2.45) is 4.99 Å². The number of ether oxygens (including phenoxy) is 5. The van der Waals surface area contributed by atoms with Gasteiger partial charge in [-0.1, -0.05) is 58.3 Å². The normalized spacial score (nSPS) is 14.2. The van der Waals surface area contributed by atoms with Crippen molar-refractivity contribution in [1.82, 2.24) is 4.57 Å². The molecule has 1 atom stereocenters. The average Bonchev–Trinajstić information content (AvgIpc) is 3.38. The lowest BCUT2D eigenvalue weighted by Gasteiger charge is -2.25. The number of thiazole rings is 1. The molecule has 2 heterocycles. The molecule has 10 nitrogen and oxygen atoms in total. The molecule has 0 unspecified atom stereocenters. The minimum atomic E-state index is -0.920. The predicted molar refractivity (Wildman–Crippen MR) is 188 cm³/mol. The van der Waals surface area contributed by atoms with Crippen molar-refractivity contribution in [3.05, 3.63) is 117 Å². The van der Waals surface area contributed by atoms with Gasteiger partial charge in [-0.25, -0.2) is 14.6 Å². The van der Waals surface area contributed by atoms with Crippen LogP contribution in [0.15, 0.2) is 75.7 Å². The number of aromatic nitrogens is 1. The molecule has 14 heteroatoms. The van der Waals surface area contributed by atoms with Gasteiger partial charge in [0, 0.05) is 10.6 Å². The fourth-order valence-electron chi connectivity index (χ4n) is 5.08. The fraction of sp³-hybridized carbons (Fsp3) is 0.257. The van der Waals surface area contributed by atoms with Crippen molar-refractivity contribution in [1.29, 1.82) is 0 Å². The summed E-state index contributed by atoms with van der Waals surface area (Å²) in [7, 11) is 1.26. The summed E-state index contributed by atoms with van der Waals surface area (Å²) in [6.45, 7) is 5.45. The Kier molecular flexibility index (Phi) is 11.7. The summed E-state index contributed by atoms with van der Waals surface area (Å²) < 4.78 is 29.5. The van der Waals surface area contributed by atoms with Gasteiger partial charge in [-0.2, -0.15) is 0 Å². The Morgan fingerprint density at radius 3 is 2.41 bits per heavy atom. The van der Waals surface area contributed by atoms with E-state index in [-0.39, 0.29) is 37.8 Å². The summed E-state index contributed by atoms with van der Waals surface area (Å²) in [5, 5.41) is 1.28. The van der Waals surface area contributed by atoms with Crippen molar-refractivity contribution >= 4 is 64.2 Å². The highest BCUT2D eigenvalue weighted by Gasteiger charge is 2.34.